The lowest BCUT2D eigenvalue weighted by atomic mass is 10.1. The van der Waals surface area contributed by atoms with E-state index in [1.54, 1.807) is 6.92 Å². The van der Waals surface area contributed by atoms with Gasteiger partial charge in [-0.05, 0) is 36.2 Å². The normalized spacial score (nSPS) is 12.2. The summed E-state index contributed by atoms with van der Waals surface area (Å²) in [7, 11) is 2.00. The largest absolute Gasteiger partial charge is 0.389 e. The number of aliphatic hydroxyl groups excluding tert-OH is 1. The number of halogens is 2. The van der Waals surface area contributed by atoms with Crippen LogP contribution in [0.4, 0.5) is 5.69 Å². The molecular formula is C16H17BrClNO. The first-order valence-corrected chi connectivity index (χ1v) is 7.58. The van der Waals surface area contributed by atoms with E-state index >= 15 is 0 Å². The number of nitrogens with zero attached hydrogens (tertiary/aromatic N) is 1. The van der Waals surface area contributed by atoms with Gasteiger partial charge in [0.1, 0.15) is 0 Å². The van der Waals surface area contributed by atoms with Gasteiger partial charge in [-0.1, -0.05) is 51.8 Å². The van der Waals surface area contributed by atoms with Crippen molar-refractivity contribution in [2.75, 3.05) is 11.9 Å². The zero-order chi connectivity index (χ0) is 14.7. The Balaban J connectivity index is 2.21. The molecule has 106 valence electrons. The predicted octanol–water partition coefficient (Wildman–Crippen LogP) is 4.79. The summed E-state index contributed by atoms with van der Waals surface area (Å²) < 4.78 is 1.09. The highest BCUT2D eigenvalue weighted by Gasteiger charge is 2.10. The van der Waals surface area contributed by atoms with Crippen LogP contribution in [0.3, 0.4) is 0 Å². The van der Waals surface area contributed by atoms with Gasteiger partial charge in [-0.2, -0.15) is 0 Å². The van der Waals surface area contributed by atoms with Crippen molar-refractivity contribution in [3.8, 4) is 0 Å². The minimum Gasteiger partial charge on any atom is -0.389 e. The van der Waals surface area contributed by atoms with Crippen molar-refractivity contribution in [2.45, 2.75) is 19.6 Å². The molecule has 0 saturated carbocycles. The molecule has 4 heteroatoms. The lowest BCUT2D eigenvalue weighted by Gasteiger charge is -2.22. The monoisotopic (exact) mass is 353 g/mol. The molecule has 1 atom stereocenters. The number of benzene rings is 2. The molecule has 0 aromatic heterocycles. The van der Waals surface area contributed by atoms with Crippen molar-refractivity contribution in [3.63, 3.8) is 0 Å². The van der Waals surface area contributed by atoms with E-state index in [2.05, 4.69) is 26.9 Å². The van der Waals surface area contributed by atoms with E-state index in [0.29, 0.717) is 5.02 Å². The van der Waals surface area contributed by atoms with Gasteiger partial charge in [0.15, 0.2) is 0 Å². The quantitative estimate of drug-likeness (QED) is 0.853. The fraction of sp³-hybridized carbons (Fsp3) is 0.250. The fourth-order valence-corrected chi connectivity index (χ4v) is 2.80. The van der Waals surface area contributed by atoms with Gasteiger partial charge in [0, 0.05) is 18.1 Å². The van der Waals surface area contributed by atoms with E-state index in [0.717, 1.165) is 22.3 Å². The van der Waals surface area contributed by atoms with Gasteiger partial charge in [-0.3, -0.25) is 0 Å². The maximum absolute atomic E-state index is 9.57. The predicted molar refractivity (Wildman–Crippen MR) is 88.3 cm³/mol. The maximum Gasteiger partial charge on any atom is 0.0762 e. The number of anilines is 1. The van der Waals surface area contributed by atoms with Crippen LogP contribution in [0, 0.1) is 0 Å². The second kappa shape index (κ2) is 6.61. The number of aliphatic hydroxyl groups is 1. The summed E-state index contributed by atoms with van der Waals surface area (Å²) >= 11 is 9.86. The third-order valence-corrected chi connectivity index (χ3v) is 4.31. The lowest BCUT2D eigenvalue weighted by molar-refractivity contribution is 0.199. The van der Waals surface area contributed by atoms with Crippen LogP contribution in [0.25, 0.3) is 0 Å². The van der Waals surface area contributed by atoms with E-state index in [1.807, 2.05) is 43.4 Å². The van der Waals surface area contributed by atoms with E-state index in [9.17, 15) is 5.11 Å². The van der Waals surface area contributed by atoms with E-state index in [1.165, 1.54) is 5.56 Å². The Labute approximate surface area is 133 Å². The SMILES string of the molecule is CC(O)c1ccc(N(C)Cc2ccccc2Br)c(Cl)c1. The summed E-state index contributed by atoms with van der Waals surface area (Å²) in [6, 6.07) is 13.8. The number of rotatable bonds is 4. The topological polar surface area (TPSA) is 23.5 Å². The van der Waals surface area contributed by atoms with Crippen LogP contribution in [0.1, 0.15) is 24.2 Å². The average molecular weight is 355 g/mol. The maximum atomic E-state index is 9.57. The van der Waals surface area contributed by atoms with Gasteiger partial charge in [-0.25, -0.2) is 0 Å². The molecule has 0 fully saturated rings. The minimum atomic E-state index is -0.505. The third kappa shape index (κ3) is 3.54. The standard InChI is InChI=1S/C16H17BrClNO/c1-11(20)12-7-8-16(15(18)9-12)19(2)10-13-5-3-4-6-14(13)17/h3-9,11,20H,10H2,1-2H3. The van der Waals surface area contributed by atoms with Crippen molar-refractivity contribution in [3.05, 3.63) is 63.1 Å². The molecule has 2 rings (SSSR count). The molecular weight excluding hydrogens is 338 g/mol. The molecule has 0 aliphatic heterocycles. The van der Waals surface area contributed by atoms with Crippen LogP contribution < -0.4 is 4.90 Å². The summed E-state index contributed by atoms with van der Waals surface area (Å²) in [4.78, 5) is 2.09. The Morgan fingerprint density at radius 1 is 1.25 bits per heavy atom. The molecule has 2 aromatic carbocycles. The Morgan fingerprint density at radius 3 is 2.55 bits per heavy atom. The molecule has 0 bridgehead atoms. The van der Waals surface area contributed by atoms with Crippen LogP contribution in [0.2, 0.25) is 5.02 Å². The molecule has 2 aromatic rings. The number of hydrogen-bond donors (Lipinski definition) is 1. The first-order valence-electron chi connectivity index (χ1n) is 6.41. The van der Waals surface area contributed by atoms with Gasteiger partial charge < -0.3 is 10.0 Å². The van der Waals surface area contributed by atoms with Gasteiger partial charge in [-0.15, -0.1) is 0 Å². The van der Waals surface area contributed by atoms with Crippen molar-refractivity contribution in [1.82, 2.24) is 0 Å². The summed E-state index contributed by atoms with van der Waals surface area (Å²) in [5.41, 5.74) is 2.98. The van der Waals surface area contributed by atoms with Crippen molar-refractivity contribution >= 4 is 33.2 Å². The lowest BCUT2D eigenvalue weighted by Crippen LogP contribution is -2.17. The van der Waals surface area contributed by atoms with E-state index in [-0.39, 0.29) is 0 Å². The van der Waals surface area contributed by atoms with Crippen LogP contribution in [-0.4, -0.2) is 12.2 Å². The molecule has 0 saturated heterocycles. The first kappa shape index (κ1) is 15.4. The molecule has 1 N–H and O–H groups in total. The van der Waals surface area contributed by atoms with E-state index < -0.39 is 6.10 Å². The van der Waals surface area contributed by atoms with Crippen molar-refractivity contribution in [2.24, 2.45) is 0 Å². The summed E-state index contributed by atoms with van der Waals surface area (Å²) in [5, 5.41) is 10.2. The molecule has 1 unspecified atom stereocenters. The number of hydrogen-bond acceptors (Lipinski definition) is 2. The van der Waals surface area contributed by atoms with Crippen molar-refractivity contribution in [1.29, 1.82) is 0 Å². The fourth-order valence-electron chi connectivity index (χ4n) is 2.06. The molecule has 20 heavy (non-hydrogen) atoms. The molecule has 0 heterocycles. The van der Waals surface area contributed by atoms with Crippen molar-refractivity contribution < 1.29 is 5.11 Å². The zero-order valence-electron chi connectivity index (χ0n) is 11.5. The molecule has 0 spiro atoms. The third-order valence-electron chi connectivity index (χ3n) is 3.23. The summed E-state index contributed by atoms with van der Waals surface area (Å²) in [6.45, 7) is 2.49. The molecule has 0 aliphatic carbocycles. The van der Waals surface area contributed by atoms with Gasteiger partial charge in [0.25, 0.3) is 0 Å². The average Bonchev–Trinajstić information content (AvgIpc) is 2.41. The Kier molecular flexibility index (Phi) is 5.08. The summed E-state index contributed by atoms with van der Waals surface area (Å²) in [5.74, 6) is 0. The van der Waals surface area contributed by atoms with Gasteiger partial charge >= 0.3 is 0 Å². The van der Waals surface area contributed by atoms with E-state index in [4.69, 9.17) is 11.6 Å². The Morgan fingerprint density at radius 2 is 1.95 bits per heavy atom. The zero-order valence-corrected chi connectivity index (χ0v) is 13.8. The van der Waals surface area contributed by atoms with Gasteiger partial charge in [0.2, 0.25) is 0 Å². The first-order chi connectivity index (χ1) is 9.49. The molecule has 0 aliphatic rings. The molecule has 0 radical (unpaired) electrons. The highest BCUT2D eigenvalue weighted by atomic mass is 79.9. The molecule has 2 nitrogen and oxygen atoms in total. The van der Waals surface area contributed by atoms with Crippen LogP contribution >= 0.6 is 27.5 Å². The van der Waals surface area contributed by atoms with Crippen LogP contribution in [-0.2, 0) is 6.54 Å². The summed E-state index contributed by atoms with van der Waals surface area (Å²) in [6.07, 6.45) is -0.505. The van der Waals surface area contributed by atoms with Crippen LogP contribution in [0.5, 0.6) is 0 Å². The highest BCUT2D eigenvalue weighted by molar-refractivity contribution is 9.10. The van der Waals surface area contributed by atoms with Gasteiger partial charge in [0.05, 0.1) is 16.8 Å². The highest BCUT2D eigenvalue weighted by Crippen LogP contribution is 2.30. The second-order valence-corrected chi connectivity index (χ2v) is 6.10. The Bertz CT molecular complexity index is 601. The van der Waals surface area contributed by atoms with Crippen LogP contribution in [0.15, 0.2) is 46.9 Å². The second-order valence-electron chi connectivity index (χ2n) is 4.83. The minimum absolute atomic E-state index is 0.505. The Hall–Kier alpha value is -1.03. The molecule has 0 amide bonds. The smallest absolute Gasteiger partial charge is 0.0762 e.